The number of carbonyl (C=O) groups excluding carboxylic acids is 1. The van der Waals surface area contributed by atoms with Crippen LogP contribution >= 0.6 is 11.6 Å². The second kappa shape index (κ2) is 12.8. The van der Waals surface area contributed by atoms with Gasteiger partial charge in [0.15, 0.2) is 0 Å². The molecule has 1 atom stereocenters. The quantitative estimate of drug-likeness (QED) is 0.232. The molecule has 0 spiro atoms. The highest BCUT2D eigenvalue weighted by atomic mass is 35.5. The van der Waals surface area contributed by atoms with E-state index in [1.165, 1.54) is 6.07 Å². The number of anilines is 1. The summed E-state index contributed by atoms with van der Waals surface area (Å²) in [5.74, 6) is 1.29. The number of carbonyl (C=O) groups is 1. The van der Waals surface area contributed by atoms with Crippen LogP contribution in [0.1, 0.15) is 62.5 Å². The summed E-state index contributed by atoms with van der Waals surface area (Å²) in [7, 11) is 2.04. The van der Waals surface area contributed by atoms with E-state index < -0.39 is 0 Å². The fourth-order valence-corrected chi connectivity index (χ4v) is 6.20. The van der Waals surface area contributed by atoms with Gasteiger partial charge in [-0.25, -0.2) is 14.4 Å². The van der Waals surface area contributed by atoms with Gasteiger partial charge in [0.25, 0.3) is 0 Å². The molecular formula is C34H39ClFN5O3. The van der Waals surface area contributed by atoms with E-state index >= 15 is 0 Å². The topological polar surface area (TPSA) is 81.5 Å². The molecule has 2 aromatic heterocycles. The smallest absolute Gasteiger partial charge is 0.229 e. The predicted molar refractivity (Wildman–Crippen MR) is 169 cm³/mol. The number of halogens is 2. The number of rotatable bonds is 8. The SMILES string of the molecule is Cn1c(CN2CCC(c3cccc(OCc4ccc(Cl)cc4F)n3)CC2)nc2cc(NC(=O)C3CCC(C)(C)OC3)ccc21. The van der Waals surface area contributed by atoms with Gasteiger partial charge in [0.2, 0.25) is 11.8 Å². The Morgan fingerprint density at radius 1 is 1.11 bits per heavy atom. The van der Waals surface area contributed by atoms with Crippen LogP contribution in [0.5, 0.6) is 5.88 Å². The number of nitrogens with one attached hydrogen (secondary N) is 1. The maximum atomic E-state index is 14.1. The summed E-state index contributed by atoms with van der Waals surface area (Å²) in [4.78, 5) is 24.9. The van der Waals surface area contributed by atoms with E-state index in [2.05, 4.69) is 28.6 Å². The lowest BCUT2D eigenvalue weighted by atomic mass is 9.91. The summed E-state index contributed by atoms with van der Waals surface area (Å²) in [6.07, 6.45) is 3.65. The van der Waals surface area contributed by atoms with Crippen LogP contribution in [0.2, 0.25) is 5.02 Å². The van der Waals surface area contributed by atoms with Gasteiger partial charge in [-0.2, -0.15) is 0 Å². The van der Waals surface area contributed by atoms with Crippen molar-refractivity contribution in [2.45, 2.75) is 64.2 Å². The molecule has 0 saturated carbocycles. The third kappa shape index (κ3) is 7.06. The Morgan fingerprint density at radius 2 is 1.93 bits per heavy atom. The minimum Gasteiger partial charge on any atom is -0.473 e. The van der Waals surface area contributed by atoms with E-state index in [4.69, 9.17) is 31.0 Å². The number of likely N-dealkylation sites (tertiary alicyclic amines) is 1. The number of hydrogen-bond acceptors (Lipinski definition) is 6. The van der Waals surface area contributed by atoms with Crippen molar-refractivity contribution in [1.29, 1.82) is 0 Å². The average molecular weight is 620 g/mol. The van der Waals surface area contributed by atoms with Gasteiger partial charge in [-0.1, -0.05) is 23.7 Å². The molecule has 2 aliphatic heterocycles. The largest absolute Gasteiger partial charge is 0.473 e. The molecule has 4 aromatic rings. The normalized spacial score (nSPS) is 19.2. The van der Waals surface area contributed by atoms with Crippen LogP contribution in [0.3, 0.4) is 0 Å². The number of hydrogen-bond donors (Lipinski definition) is 1. The van der Waals surface area contributed by atoms with Crippen LogP contribution in [-0.2, 0) is 29.7 Å². The van der Waals surface area contributed by atoms with Crippen LogP contribution in [0.4, 0.5) is 10.1 Å². The molecule has 2 aliphatic rings. The second-order valence-corrected chi connectivity index (χ2v) is 13.0. The minimum absolute atomic E-state index is 0.000850. The lowest BCUT2D eigenvalue weighted by Gasteiger charge is -2.34. The Morgan fingerprint density at radius 3 is 2.68 bits per heavy atom. The molecule has 6 rings (SSSR count). The lowest BCUT2D eigenvalue weighted by molar-refractivity contribution is -0.131. The van der Waals surface area contributed by atoms with Gasteiger partial charge < -0.3 is 19.4 Å². The summed E-state index contributed by atoms with van der Waals surface area (Å²) in [5, 5.41) is 3.43. The second-order valence-electron chi connectivity index (χ2n) is 12.6. The molecule has 2 aromatic carbocycles. The molecule has 1 N–H and O–H groups in total. The molecule has 0 bridgehead atoms. The first kappa shape index (κ1) is 30.5. The Balaban J connectivity index is 1.03. The Kier molecular flexibility index (Phi) is 8.89. The first-order chi connectivity index (χ1) is 21.1. The molecule has 44 heavy (non-hydrogen) atoms. The highest BCUT2D eigenvalue weighted by molar-refractivity contribution is 6.30. The van der Waals surface area contributed by atoms with E-state index in [9.17, 15) is 9.18 Å². The maximum Gasteiger partial charge on any atom is 0.229 e. The van der Waals surface area contributed by atoms with Gasteiger partial charge in [0.1, 0.15) is 18.2 Å². The first-order valence-electron chi connectivity index (χ1n) is 15.3. The molecule has 8 nitrogen and oxygen atoms in total. The van der Waals surface area contributed by atoms with Gasteiger partial charge in [-0.05, 0) is 89.0 Å². The number of ether oxygens (including phenoxy) is 2. The Bertz CT molecular complexity index is 1640. The molecule has 0 aliphatic carbocycles. The zero-order valence-electron chi connectivity index (χ0n) is 25.5. The lowest BCUT2D eigenvalue weighted by Crippen LogP contribution is -2.38. The predicted octanol–water partition coefficient (Wildman–Crippen LogP) is 6.86. The summed E-state index contributed by atoms with van der Waals surface area (Å²) < 4.78 is 27.9. The number of nitrogens with zero attached hydrogens (tertiary/aromatic N) is 4. The van der Waals surface area contributed by atoms with Crippen LogP contribution < -0.4 is 10.1 Å². The molecule has 4 heterocycles. The maximum absolute atomic E-state index is 14.1. The van der Waals surface area contributed by atoms with Crippen molar-refractivity contribution in [3.63, 3.8) is 0 Å². The van der Waals surface area contributed by atoms with Gasteiger partial charge in [0, 0.05) is 41.0 Å². The minimum atomic E-state index is -0.386. The molecule has 232 valence electrons. The highest BCUT2D eigenvalue weighted by Gasteiger charge is 2.31. The molecule has 2 fully saturated rings. The fourth-order valence-electron chi connectivity index (χ4n) is 6.04. The van der Waals surface area contributed by atoms with Crippen LogP contribution in [0.25, 0.3) is 11.0 Å². The Hall–Kier alpha value is -3.53. The number of aryl methyl sites for hydroxylation is 1. The average Bonchev–Trinajstić information content (AvgIpc) is 3.31. The van der Waals surface area contributed by atoms with E-state index in [0.717, 1.165) is 73.6 Å². The zero-order valence-corrected chi connectivity index (χ0v) is 26.2. The van der Waals surface area contributed by atoms with Crippen molar-refractivity contribution < 1.29 is 18.7 Å². The number of amides is 1. The van der Waals surface area contributed by atoms with Gasteiger partial charge in [-0.3, -0.25) is 9.69 Å². The molecule has 0 radical (unpaired) electrons. The van der Waals surface area contributed by atoms with Crippen LogP contribution in [0.15, 0.2) is 54.6 Å². The van der Waals surface area contributed by atoms with Crippen molar-refractivity contribution >= 4 is 34.2 Å². The van der Waals surface area contributed by atoms with Crippen molar-refractivity contribution in [2.24, 2.45) is 13.0 Å². The molecule has 10 heteroatoms. The fraction of sp³-hybridized carbons (Fsp3) is 0.441. The van der Waals surface area contributed by atoms with E-state index in [1.807, 2.05) is 37.4 Å². The van der Waals surface area contributed by atoms with Crippen molar-refractivity contribution in [2.75, 3.05) is 25.0 Å². The number of benzene rings is 2. The first-order valence-corrected chi connectivity index (χ1v) is 15.7. The van der Waals surface area contributed by atoms with Crippen LogP contribution in [-0.4, -0.2) is 50.6 Å². The summed E-state index contributed by atoms with van der Waals surface area (Å²) in [6.45, 7) is 7.29. The van der Waals surface area contributed by atoms with Crippen LogP contribution in [0, 0.1) is 11.7 Å². The number of fused-ring (bicyclic) bond motifs is 1. The molecular weight excluding hydrogens is 581 g/mol. The molecule has 1 amide bonds. The monoisotopic (exact) mass is 619 g/mol. The number of pyridine rings is 1. The van der Waals surface area contributed by atoms with E-state index in [-0.39, 0.29) is 29.9 Å². The number of piperidine rings is 1. The standard InChI is InChI=1S/C34H39ClFN5O3/c1-34(2)14-11-24(21-44-34)33(42)37-26-9-10-30-29(18-26)38-31(40(30)3)19-41-15-12-22(13-16-41)28-5-4-6-32(39-28)43-20-23-7-8-25(35)17-27(23)36/h4-10,17-18,22,24H,11-16,19-21H2,1-3H3,(H,37,42). The number of imidazole rings is 1. The van der Waals surface area contributed by atoms with Crippen molar-refractivity contribution in [3.05, 3.63) is 82.5 Å². The molecule has 1 unspecified atom stereocenters. The van der Waals surface area contributed by atoms with Gasteiger partial charge in [-0.15, -0.1) is 0 Å². The third-order valence-corrected chi connectivity index (χ3v) is 9.12. The zero-order chi connectivity index (χ0) is 30.8. The van der Waals surface area contributed by atoms with Crippen molar-refractivity contribution in [1.82, 2.24) is 19.4 Å². The molecule has 2 saturated heterocycles. The van der Waals surface area contributed by atoms with E-state index in [0.29, 0.717) is 29.0 Å². The summed E-state index contributed by atoms with van der Waals surface area (Å²) in [6, 6.07) is 16.3. The van der Waals surface area contributed by atoms with E-state index in [1.54, 1.807) is 18.2 Å². The van der Waals surface area contributed by atoms with Crippen molar-refractivity contribution in [3.8, 4) is 5.88 Å². The number of aromatic nitrogens is 3. The third-order valence-electron chi connectivity index (χ3n) is 8.89. The summed E-state index contributed by atoms with van der Waals surface area (Å²) in [5.41, 5.74) is 3.95. The summed E-state index contributed by atoms with van der Waals surface area (Å²) >= 11 is 5.85. The Labute approximate surface area is 262 Å². The van der Waals surface area contributed by atoms with Gasteiger partial charge >= 0.3 is 0 Å². The highest BCUT2D eigenvalue weighted by Crippen LogP contribution is 2.31. The van der Waals surface area contributed by atoms with Gasteiger partial charge in [0.05, 0.1) is 35.7 Å².